The van der Waals surface area contributed by atoms with Gasteiger partial charge in [0.2, 0.25) is 0 Å². The molecule has 0 unspecified atom stereocenters. The minimum Gasteiger partial charge on any atom is -0.496 e. The molecule has 1 aromatic carbocycles. The molecule has 27 heavy (non-hydrogen) atoms. The van der Waals surface area contributed by atoms with Crippen LogP contribution in [0.2, 0.25) is 0 Å². The van der Waals surface area contributed by atoms with E-state index in [4.69, 9.17) is 20.2 Å². The highest BCUT2D eigenvalue weighted by Gasteiger charge is 2.33. The number of hydrogen-bond donors (Lipinski definition) is 1. The van der Waals surface area contributed by atoms with E-state index in [-0.39, 0.29) is 11.0 Å². The zero-order valence-electron chi connectivity index (χ0n) is 17.0. The summed E-state index contributed by atoms with van der Waals surface area (Å²) >= 11 is 1.64. The van der Waals surface area contributed by atoms with Crippen LogP contribution in [-0.4, -0.2) is 25.3 Å². The van der Waals surface area contributed by atoms with Crippen LogP contribution < -0.4 is 10.5 Å². The minimum atomic E-state index is -0.377. The summed E-state index contributed by atoms with van der Waals surface area (Å²) in [7, 11) is 1.72. The van der Waals surface area contributed by atoms with Gasteiger partial charge in [0.25, 0.3) is 0 Å². The predicted molar refractivity (Wildman–Crippen MR) is 113 cm³/mol. The van der Waals surface area contributed by atoms with Crippen LogP contribution in [0.3, 0.4) is 0 Å². The Hall–Kier alpha value is -1.69. The summed E-state index contributed by atoms with van der Waals surface area (Å²) in [5.74, 6) is 0.897. The van der Waals surface area contributed by atoms with E-state index >= 15 is 0 Å². The Morgan fingerprint density at radius 3 is 2.52 bits per heavy atom. The number of hydrogen-bond acceptors (Lipinski definition) is 5. The van der Waals surface area contributed by atoms with Crippen LogP contribution in [0.4, 0.5) is 0 Å². The molecule has 1 aromatic heterocycles. The van der Waals surface area contributed by atoms with E-state index < -0.39 is 0 Å². The van der Waals surface area contributed by atoms with Crippen molar-refractivity contribution in [3.8, 4) is 17.0 Å². The number of rotatable bonds is 4. The molecule has 0 saturated carbocycles. The van der Waals surface area contributed by atoms with Gasteiger partial charge in [0.05, 0.1) is 18.3 Å². The molecule has 0 aliphatic carbocycles. The lowest BCUT2D eigenvalue weighted by Gasteiger charge is -2.31. The second kappa shape index (κ2) is 7.38. The second-order valence-electron chi connectivity index (χ2n) is 8.44. The zero-order valence-corrected chi connectivity index (χ0v) is 17.8. The third-order valence-electron chi connectivity index (χ3n) is 5.17. The Bertz CT molecular complexity index is 842. The van der Waals surface area contributed by atoms with Crippen molar-refractivity contribution >= 4 is 16.9 Å². The maximum absolute atomic E-state index is 6.63. The van der Waals surface area contributed by atoms with Crippen molar-refractivity contribution in [3.63, 3.8) is 0 Å². The highest BCUT2D eigenvalue weighted by atomic mass is 32.1. The lowest BCUT2D eigenvalue weighted by atomic mass is 9.83. The van der Waals surface area contributed by atoms with Crippen LogP contribution >= 0.6 is 11.3 Å². The van der Waals surface area contributed by atoms with Crippen LogP contribution in [0.5, 0.6) is 5.75 Å². The van der Waals surface area contributed by atoms with Gasteiger partial charge in [-0.1, -0.05) is 27.4 Å². The van der Waals surface area contributed by atoms with Gasteiger partial charge in [-0.3, -0.25) is 0 Å². The first-order valence-electron chi connectivity index (χ1n) is 9.37. The standard InChI is InChI=1S/C22H30N2O2S/c1-14(2)16-11-15(12-17(19(16)25-6)21(3,4)5)18-13-27-20(24-18)22(23)7-9-26-10-8-22/h11-13H,1,7-10,23H2,2-6H3. The van der Waals surface area contributed by atoms with Gasteiger partial charge in [0.1, 0.15) is 10.8 Å². The smallest absolute Gasteiger partial charge is 0.130 e. The summed E-state index contributed by atoms with van der Waals surface area (Å²) < 4.78 is 11.2. The van der Waals surface area contributed by atoms with Gasteiger partial charge in [-0.05, 0) is 42.9 Å². The molecule has 2 N–H and O–H groups in total. The Balaban J connectivity index is 2.10. The third-order valence-corrected chi connectivity index (χ3v) is 6.23. The molecule has 0 atom stereocenters. The molecule has 0 spiro atoms. The topological polar surface area (TPSA) is 57.4 Å². The second-order valence-corrected chi connectivity index (χ2v) is 9.30. The Kier molecular flexibility index (Phi) is 5.48. The number of nitrogens with two attached hydrogens (primary N) is 1. The van der Waals surface area contributed by atoms with Gasteiger partial charge in [-0.15, -0.1) is 11.3 Å². The van der Waals surface area contributed by atoms with Crippen LogP contribution in [-0.2, 0) is 15.7 Å². The molecular formula is C22H30N2O2S. The normalized spacial score (nSPS) is 17.0. The molecule has 1 saturated heterocycles. The molecule has 0 radical (unpaired) electrons. The number of allylic oxidation sites excluding steroid dienone is 1. The maximum atomic E-state index is 6.63. The predicted octanol–water partition coefficient (Wildman–Crippen LogP) is 5.11. The monoisotopic (exact) mass is 386 g/mol. The van der Waals surface area contributed by atoms with Gasteiger partial charge in [-0.25, -0.2) is 4.98 Å². The van der Waals surface area contributed by atoms with Crippen LogP contribution in [0.1, 0.15) is 56.7 Å². The molecule has 2 heterocycles. The Morgan fingerprint density at radius 2 is 1.96 bits per heavy atom. The molecule has 146 valence electrons. The van der Waals surface area contributed by atoms with E-state index in [0.717, 1.165) is 51.6 Å². The molecule has 3 rings (SSSR count). The average Bonchev–Trinajstić information content (AvgIpc) is 3.11. The largest absolute Gasteiger partial charge is 0.496 e. The number of benzene rings is 1. The molecule has 5 heteroatoms. The first kappa shape index (κ1) is 20.1. The molecule has 1 aliphatic heterocycles. The highest BCUT2D eigenvalue weighted by Crippen LogP contribution is 2.41. The van der Waals surface area contributed by atoms with E-state index in [1.165, 1.54) is 0 Å². The van der Waals surface area contributed by atoms with E-state index in [1.807, 2.05) is 6.92 Å². The molecule has 2 aromatic rings. The fraction of sp³-hybridized carbons (Fsp3) is 0.500. The maximum Gasteiger partial charge on any atom is 0.130 e. The summed E-state index contributed by atoms with van der Waals surface area (Å²) in [6.45, 7) is 14.1. The molecule has 1 fully saturated rings. The summed E-state index contributed by atoms with van der Waals surface area (Å²) in [6.07, 6.45) is 1.62. The van der Waals surface area contributed by atoms with E-state index in [9.17, 15) is 0 Å². The van der Waals surface area contributed by atoms with Crippen molar-refractivity contribution < 1.29 is 9.47 Å². The summed E-state index contributed by atoms with van der Waals surface area (Å²) in [4.78, 5) is 4.92. The van der Waals surface area contributed by atoms with Crippen molar-refractivity contribution in [1.82, 2.24) is 4.98 Å². The average molecular weight is 387 g/mol. The molecule has 1 aliphatic rings. The van der Waals surface area contributed by atoms with Crippen LogP contribution in [0.15, 0.2) is 24.1 Å². The van der Waals surface area contributed by atoms with Crippen LogP contribution in [0.25, 0.3) is 16.8 Å². The Morgan fingerprint density at radius 1 is 1.30 bits per heavy atom. The number of aromatic nitrogens is 1. The number of nitrogens with zero attached hydrogens (tertiary/aromatic N) is 1. The van der Waals surface area contributed by atoms with Crippen molar-refractivity contribution in [2.75, 3.05) is 20.3 Å². The van der Waals surface area contributed by atoms with E-state index in [0.29, 0.717) is 13.2 Å². The first-order chi connectivity index (χ1) is 12.7. The third kappa shape index (κ3) is 3.96. The molecular weight excluding hydrogens is 356 g/mol. The van der Waals surface area contributed by atoms with Gasteiger partial charge < -0.3 is 15.2 Å². The van der Waals surface area contributed by atoms with Crippen molar-refractivity contribution in [2.45, 2.75) is 51.5 Å². The lowest BCUT2D eigenvalue weighted by Crippen LogP contribution is -2.42. The van der Waals surface area contributed by atoms with Gasteiger partial charge in [0, 0.05) is 35.3 Å². The lowest BCUT2D eigenvalue weighted by molar-refractivity contribution is 0.0522. The van der Waals surface area contributed by atoms with E-state index in [1.54, 1.807) is 18.4 Å². The zero-order chi connectivity index (χ0) is 19.8. The Labute approximate surface area is 166 Å². The minimum absolute atomic E-state index is 0.0554. The summed E-state index contributed by atoms with van der Waals surface area (Å²) in [6, 6.07) is 4.32. The molecule has 4 nitrogen and oxygen atoms in total. The number of methoxy groups -OCH3 is 1. The summed E-state index contributed by atoms with van der Waals surface area (Å²) in [5.41, 5.74) is 11.4. The fourth-order valence-electron chi connectivity index (χ4n) is 3.46. The van der Waals surface area contributed by atoms with Gasteiger partial charge in [-0.2, -0.15) is 0 Å². The number of ether oxygens (including phenoxy) is 2. The molecule has 0 bridgehead atoms. The van der Waals surface area contributed by atoms with Crippen molar-refractivity contribution in [1.29, 1.82) is 0 Å². The SMILES string of the molecule is C=C(C)c1cc(-c2csc(C3(N)CCOCC3)n2)cc(C(C)(C)C)c1OC. The first-order valence-corrected chi connectivity index (χ1v) is 10.2. The van der Waals surface area contributed by atoms with Gasteiger partial charge >= 0.3 is 0 Å². The van der Waals surface area contributed by atoms with Gasteiger partial charge in [0.15, 0.2) is 0 Å². The quantitative estimate of drug-likeness (QED) is 0.793. The van der Waals surface area contributed by atoms with Crippen molar-refractivity contribution in [3.05, 3.63) is 40.2 Å². The highest BCUT2D eigenvalue weighted by molar-refractivity contribution is 7.10. The fourth-order valence-corrected chi connectivity index (χ4v) is 4.46. The summed E-state index contributed by atoms with van der Waals surface area (Å²) in [5, 5.41) is 3.10. The van der Waals surface area contributed by atoms with Crippen LogP contribution in [0, 0.1) is 0 Å². The van der Waals surface area contributed by atoms with Crippen molar-refractivity contribution in [2.24, 2.45) is 5.73 Å². The number of thiazole rings is 1. The molecule has 0 amide bonds. The van der Waals surface area contributed by atoms with E-state index in [2.05, 4.69) is 44.9 Å².